The third kappa shape index (κ3) is 6.77. The summed E-state index contributed by atoms with van der Waals surface area (Å²) in [6.45, 7) is 3.72. The van der Waals surface area contributed by atoms with Gasteiger partial charge in [0.05, 0.1) is 0 Å². The van der Waals surface area contributed by atoms with E-state index in [2.05, 4.69) is 10.6 Å². The Morgan fingerprint density at radius 1 is 0.977 bits per heavy atom. The molecule has 2 heterocycles. The van der Waals surface area contributed by atoms with E-state index in [1.807, 2.05) is 19.9 Å². The van der Waals surface area contributed by atoms with Crippen molar-refractivity contribution in [1.82, 2.24) is 10.6 Å². The summed E-state index contributed by atoms with van der Waals surface area (Å²) in [6, 6.07) is 8.41. The third-order valence-corrected chi connectivity index (χ3v) is 8.41. The lowest BCUT2D eigenvalue weighted by Gasteiger charge is -2.21. The molecule has 0 spiro atoms. The molecule has 0 saturated heterocycles. The molecule has 2 aromatic heterocycles. The second kappa shape index (κ2) is 13.0. The molecule has 0 saturated carbocycles. The van der Waals surface area contributed by atoms with E-state index in [1.165, 1.54) is 5.56 Å². The standard InChI is InChI=1S/C33H35ClN2O7/c1-3-6-25(31(38)36-26(32(39)40)15-19-9-11-20(34)12-10-19)35-30(37)14-13-21-18(2)23-16-24-22-7-4-5-8-27(22)42-29(24)17-28(23)43-33(21)41/h9-12,16-17,25-26H,3-8,13-15H2,1-2H3,(H,35,37)(H,36,38)(H,39,40). The molecule has 0 radical (unpaired) electrons. The molecule has 9 nitrogen and oxygen atoms in total. The number of aliphatic carboxylic acids is 1. The van der Waals surface area contributed by atoms with Crippen LogP contribution in [0.4, 0.5) is 0 Å². The number of carbonyl (C=O) groups excluding carboxylic acids is 2. The van der Waals surface area contributed by atoms with Crippen LogP contribution in [0.25, 0.3) is 21.9 Å². The van der Waals surface area contributed by atoms with Crippen LogP contribution in [-0.4, -0.2) is 35.0 Å². The molecule has 2 amide bonds. The zero-order valence-corrected chi connectivity index (χ0v) is 25.0. The predicted octanol–water partition coefficient (Wildman–Crippen LogP) is 5.41. The molecule has 0 aliphatic heterocycles. The van der Waals surface area contributed by atoms with E-state index in [-0.39, 0.29) is 19.3 Å². The topological polar surface area (TPSA) is 139 Å². The highest BCUT2D eigenvalue weighted by atomic mass is 35.5. The van der Waals surface area contributed by atoms with Gasteiger partial charge in [-0.25, -0.2) is 9.59 Å². The van der Waals surface area contributed by atoms with Crippen molar-refractivity contribution < 1.29 is 28.3 Å². The van der Waals surface area contributed by atoms with Crippen molar-refractivity contribution in [3.63, 3.8) is 0 Å². The van der Waals surface area contributed by atoms with Gasteiger partial charge in [0.1, 0.15) is 29.0 Å². The summed E-state index contributed by atoms with van der Waals surface area (Å²) < 4.78 is 11.7. The van der Waals surface area contributed by atoms with Crippen LogP contribution in [0.1, 0.15) is 67.0 Å². The van der Waals surface area contributed by atoms with E-state index in [0.717, 1.165) is 47.8 Å². The molecule has 226 valence electrons. The minimum atomic E-state index is -1.18. The maximum atomic E-state index is 13.1. The van der Waals surface area contributed by atoms with E-state index < -0.39 is 35.5 Å². The Labute approximate surface area is 253 Å². The average molecular weight is 607 g/mol. The van der Waals surface area contributed by atoms with Gasteiger partial charge in [-0.15, -0.1) is 0 Å². The van der Waals surface area contributed by atoms with Crippen LogP contribution >= 0.6 is 11.6 Å². The van der Waals surface area contributed by atoms with Crippen molar-refractivity contribution in [1.29, 1.82) is 0 Å². The number of fused-ring (bicyclic) bond motifs is 4. The monoisotopic (exact) mass is 606 g/mol. The van der Waals surface area contributed by atoms with Crippen LogP contribution in [0.2, 0.25) is 5.02 Å². The van der Waals surface area contributed by atoms with Gasteiger partial charge >= 0.3 is 11.6 Å². The molecule has 1 aliphatic rings. The summed E-state index contributed by atoms with van der Waals surface area (Å²) in [5.74, 6) is -1.18. The van der Waals surface area contributed by atoms with Crippen molar-refractivity contribution in [2.45, 2.75) is 83.7 Å². The molecule has 5 rings (SSSR count). The number of carboxylic acid groups (broad SMARTS) is 1. The molecular formula is C33H35ClN2O7. The Kier molecular flexibility index (Phi) is 9.20. The fourth-order valence-electron chi connectivity index (χ4n) is 5.82. The quantitative estimate of drug-likeness (QED) is 0.194. The third-order valence-electron chi connectivity index (χ3n) is 8.16. The summed E-state index contributed by atoms with van der Waals surface area (Å²) in [5, 5.41) is 17.4. The first kappa shape index (κ1) is 30.4. The first-order valence-electron chi connectivity index (χ1n) is 14.7. The van der Waals surface area contributed by atoms with Crippen LogP contribution in [0.5, 0.6) is 0 Å². The molecule has 4 aromatic rings. The largest absolute Gasteiger partial charge is 0.480 e. The number of benzene rings is 2. The summed E-state index contributed by atoms with van der Waals surface area (Å²) in [6.07, 6.45) is 5.14. The lowest BCUT2D eigenvalue weighted by molar-refractivity contribution is -0.142. The fourth-order valence-corrected chi connectivity index (χ4v) is 5.95. The summed E-state index contributed by atoms with van der Waals surface area (Å²) in [7, 11) is 0. The van der Waals surface area contributed by atoms with Crippen molar-refractivity contribution >= 4 is 51.3 Å². The summed E-state index contributed by atoms with van der Waals surface area (Å²) in [4.78, 5) is 50.8. The number of aryl methyl sites for hydroxylation is 3. The van der Waals surface area contributed by atoms with Crippen LogP contribution in [0.3, 0.4) is 0 Å². The highest BCUT2D eigenvalue weighted by Gasteiger charge is 2.27. The highest BCUT2D eigenvalue weighted by molar-refractivity contribution is 6.30. The van der Waals surface area contributed by atoms with Crippen LogP contribution < -0.4 is 16.3 Å². The first-order valence-corrected chi connectivity index (χ1v) is 15.1. The lowest BCUT2D eigenvalue weighted by Crippen LogP contribution is -2.52. The van der Waals surface area contributed by atoms with Gasteiger partial charge in [0.25, 0.3) is 0 Å². The molecule has 43 heavy (non-hydrogen) atoms. The van der Waals surface area contributed by atoms with Gasteiger partial charge in [0.2, 0.25) is 11.8 Å². The van der Waals surface area contributed by atoms with E-state index in [9.17, 15) is 24.3 Å². The molecule has 0 bridgehead atoms. The van der Waals surface area contributed by atoms with Crippen molar-refractivity contribution in [2.24, 2.45) is 0 Å². The number of carboxylic acids is 1. The average Bonchev–Trinajstić information content (AvgIpc) is 3.34. The molecule has 2 aromatic carbocycles. The van der Waals surface area contributed by atoms with Gasteiger partial charge in [-0.1, -0.05) is 37.1 Å². The molecule has 2 unspecified atom stereocenters. The maximum absolute atomic E-state index is 13.1. The van der Waals surface area contributed by atoms with Crippen molar-refractivity contribution in [3.05, 3.63) is 79.9 Å². The molecule has 0 fully saturated rings. The first-order chi connectivity index (χ1) is 20.6. The Morgan fingerprint density at radius 3 is 2.42 bits per heavy atom. The van der Waals surface area contributed by atoms with Gasteiger partial charge in [-0.3, -0.25) is 9.59 Å². The number of amides is 2. The second-order valence-electron chi connectivity index (χ2n) is 11.2. The number of nitrogens with one attached hydrogen (secondary N) is 2. The zero-order valence-electron chi connectivity index (χ0n) is 24.3. The summed E-state index contributed by atoms with van der Waals surface area (Å²) in [5.41, 5.74) is 3.72. The number of rotatable bonds is 11. The Morgan fingerprint density at radius 2 is 1.70 bits per heavy atom. The number of hydrogen-bond acceptors (Lipinski definition) is 6. The van der Waals surface area contributed by atoms with E-state index in [0.29, 0.717) is 40.2 Å². The SMILES string of the molecule is CCCC(NC(=O)CCc1c(C)c2cc3c4c(oc3cc2oc1=O)CCCC4)C(=O)NC(Cc1ccc(Cl)cc1)C(=O)O. The maximum Gasteiger partial charge on any atom is 0.339 e. The number of furan rings is 1. The number of hydrogen-bond donors (Lipinski definition) is 3. The van der Waals surface area contributed by atoms with Crippen LogP contribution in [0.15, 0.2) is 50.0 Å². The molecule has 2 atom stereocenters. The van der Waals surface area contributed by atoms with Gasteiger partial charge in [0, 0.05) is 52.3 Å². The van der Waals surface area contributed by atoms with Crippen molar-refractivity contribution in [3.8, 4) is 0 Å². The molecular weight excluding hydrogens is 572 g/mol. The van der Waals surface area contributed by atoms with Gasteiger partial charge in [-0.05, 0) is 68.4 Å². The Balaban J connectivity index is 1.27. The fraction of sp³-hybridized carbons (Fsp3) is 0.394. The smallest absolute Gasteiger partial charge is 0.339 e. The van der Waals surface area contributed by atoms with Crippen LogP contribution in [0, 0.1) is 6.92 Å². The highest BCUT2D eigenvalue weighted by Crippen LogP contribution is 2.35. The zero-order chi connectivity index (χ0) is 30.7. The second-order valence-corrected chi connectivity index (χ2v) is 11.6. The Bertz CT molecular complexity index is 1740. The number of halogens is 1. The van der Waals surface area contributed by atoms with Crippen molar-refractivity contribution in [2.75, 3.05) is 0 Å². The predicted molar refractivity (Wildman–Crippen MR) is 164 cm³/mol. The van der Waals surface area contributed by atoms with E-state index in [1.54, 1.807) is 30.3 Å². The molecule has 10 heteroatoms. The minimum absolute atomic E-state index is 0.0406. The minimum Gasteiger partial charge on any atom is -0.480 e. The van der Waals surface area contributed by atoms with Gasteiger partial charge in [0.15, 0.2) is 0 Å². The normalized spacial score (nSPS) is 14.3. The number of carbonyl (C=O) groups is 3. The van der Waals surface area contributed by atoms with E-state index >= 15 is 0 Å². The van der Waals surface area contributed by atoms with Crippen LogP contribution in [-0.2, 0) is 40.1 Å². The molecule has 1 aliphatic carbocycles. The van der Waals surface area contributed by atoms with Gasteiger partial charge < -0.3 is 24.6 Å². The van der Waals surface area contributed by atoms with E-state index in [4.69, 9.17) is 20.4 Å². The summed E-state index contributed by atoms with van der Waals surface area (Å²) >= 11 is 5.92. The van der Waals surface area contributed by atoms with Gasteiger partial charge in [-0.2, -0.15) is 0 Å². The lowest BCUT2D eigenvalue weighted by atomic mass is 9.94. The molecule has 3 N–H and O–H groups in total. The Hall–Kier alpha value is -4.11.